The fraction of sp³-hybridized carbons (Fsp3) is 0. The molecule has 62 valence electrons. The normalized spacial score (nSPS) is 10.7. The molecule has 4 heteroatoms. The van der Waals surface area contributed by atoms with Crippen LogP contribution >= 0.6 is 11.3 Å². The van der Waals surface area contributed by atoms with E-state index in [2.05, 4.69) is 0 Å². The van der Waals surface area contributed by atoms with Gasteiger partial charge in [-0.15, -0.1) is 0 Å². The molecule has 0 saturated heterocycles. The average Bonchev–Trinajstić information content (AvgIpc) is 2.31. The zero-order valence-corrected chi connectivity index (χ0v) is 6.93. The number of rotatable bonds is 0. The molecule has 4 N–H and O–H groups in total. The number of nitrogens with two attached hydrogens (primary N) is 1. The van der Waals surface area contributed by atoms with Gasteiger partial charge in [-0.2, -0.15) is 0 Å². The Labute approximate surface area is 72.7 Å². The third-order valence-corrected chi connectivity index (χ3v) is 2.63. The zero-order chi connectivity index (χ0) is 8.72. The summed E-state index contributed by atoms with van der Waals surface area (Å²) in [6, 6.07) is 5.15. The monoisotopic (exact) mass is 181 g/mol. The maximum atomic E-state index is 9.33. The van der Waals surface area contributed by atoms with Crippen LogP contribution in [0.5, 0.6) is 10.8 Å². The number of nitrogen functional groups attached to an aromatic ring is 1. The molecule has 0 unspecified atom stereocenters. The summed E-state index contributed by atoms with van der Waals surface area (Å²) in [5.74, 6) is -0.0812. The highest BCUT2D eigenvalue weighted by Crippen LogP contribution is 2.42. The van der Waals surface area contributed by atoms with Gasteiger partial charge in [-0.25, -0.2) is 0 Å². The molecule has 12 heavy (non-hydrogen) atoms. The molecular formula is C8H7NO2S. The number of fused-ring (bicyclic) bond motifs is 1. The van der Waals surface area contributed by atoms with E-state index in [0.717, 1.165) is 16.0 Å². The van der Waals surface area contributed by atoms with E-state index in [4.69, 9.17) is 10.8 Å². The number of hydrogen-bond donors (Lipinski definition) is 3. The third kappa shape index (κ3) is 0.887. The molecule has 0 bridgehead atoms. The largest absolute Gasteiger partial charge is 0.503 e. The van der Waals surface area contributed by atoms with E-state index >= 15 is 0 Å². The molecule has 0 fully saturated rings. The van der Waals surface area contributed by atoms with E-state index in [1.54, 1.807) is 18.2 Å². The Hall–Kier alpha value is -1.42. The summed E-state index contributed by atoms with van der Waals surface area (Å²) in [7, 11) is 0. The minimum atomic E-state index is -0.0812. The van der Waals surface area contributed by atoms with Crippen LogP contribution in [0.4, 0.5) is 5.69 Å². The van der Waals surface area contributed by atoms with E-state index in [1.807, 2.05) is 0 Å². The van der Waals surface area contributed by atoms with Crippen molar-refractivity contribution in [3.63, 3.8) is 0 Å². The molecule has 0 aliphatic carbocycles. The van der Waals surface area contributed by atoms with Crippen molar-refractivity contribution in [2.75, 3.05) is 5.73 Å². The Bertz CT molecular complexity index is 436. The van der Waals surface area contributed by atoms with Crippen LogP contribution in [0.2, 0.25) is 0 Å². The first kappa shape index (κ1) is 7.24. The molecule has 3 nitrogen and oxygen atoms in total. The first-order valence-electron chi connectivity index (χ1n) is 3.38. The van der Waals surface area contributed by atoms with E-state index in [9.17, 15) is 5.11 Å². The highest BCUT2D eigenvalue weighted by molar-refractivity contribution is 7.21. The maximum Gasteiger partial charge on any atom is 0.215 e. The van der Waals surface area contributed by atoms with Crippen LogP contribution in [-0.2, 0) is 0 Å². The van der Waals surface area contributed by atoms with Crippen molar-refractivity contribution in [1.29, 1.82) is 0 Å². The lowest BCUT2D eigenvalue weighted by Crippen LogP contribution is -1.81. The Morgan fingerprint density at radius 2 is 2.00 bits per heavy atom. The summed E-state index contributed by atoms with van der Waals surface area (Å²) in [6.07, 6.45) is 0. The lowest BCUT2D eigenvalue weighted by Gasteiger charge is -1.92. The minimum absolute atomic E-state index is 0.0596. The topological polar surface area (TPSA) is 66.5 Å². The molecule has 0 saturated carbocycles. The van der Waals surface area contributed by atoms with Gasteiger partial charge in [0.2, 0.25) is 5.06 Å². The lowest BCUT2D eigenvalue weighted by molar-refractivity contribution is 0.419. The first-order chi connectivity index (χ1) is 5.68. The van der Waals surface area contributed by atoms with Crippen molar-refractivity contribution in [3.05, 3.63) is 18.2 Å². The molecule has 0 aliphatic rings. The Kier molecular flexibility index (Phi) is 1.38. The quantitative estimate of drug-likeness (QED) is 0.544. The highest BCUT2D eigenvalue weighted by Gasteiger charge is 2.09. The summed E-state index contributed by atoms with van der Waals surface area (Å²) < 4.78 is 0.833. The second-order valence-electron chi connectivity index (χ2n) is 2.51. The van der Waals surface area contributed by atoms with Crippen molar-refractivity contribution in [3.8, 4) is 10.8 Å². The van der Waals surface area contributed by atoms with Gasteiger partial charge in [0.15, 0.2) is 5.75 Å². The van der Waals surface area contributed by atoms with Gasteiger partial charge in [-0.1, -0.05) is 11.3 Å². The van der Waals surface area contributed by atoms with Gasteiger partial charge in [-0.3, -0.25) is 0 Å². The molecular weight excluding hydrogens is 174 g/mol. The van der Waals surface area contributed by atoms with Gasteiger partial charge in [0.05, 0.1) is 0 Å². The fourth-order valence-corrected chi connectivity index (χ4v) is 1.91. The Morgan fingerprint density at radius 1 is 1.25 bits per heavy atom. The molecule has 1 heterocycles. The third-order valence-electron chi connectivity index (χ3n) is 1.67. The maximum absolute atomic E-state index is 9.33. The van der Waals surface area contributed by atoms with E-state index < -0.39 is 0 Å². The molecule has 0 amide bonds. The van der Waals surface area contributed by atoms with Crippen LogP contribution in [0.1, 0.15) is 0 Å². The molecule has 0 radical (unpaired) electrons. The van der Waals surface area contributed by atoms with Crippen LogP contribution in [0.3, 0.4) is 0 Å². The van der Waals surface area contributed by atoms with Gasteiger partial charge in [-0.05, 0) is 18.2 Å². The summed E-state index contributed by atoms with van der Waals surface area (Å²) in [5, 5.41) is 19.0. The molecule has 0 spiro atoms. The summed E-state index contributed by atoms with van der Waals surface area (Å²) >= 11 is 1.14. The second-order valence-corrected chi connectivity index (χ2v) is 3.54. The summed E-state index contributed by atoms with van der Waals surface area (Å²) in [6.45, 7) is 0. The SMILES string of the molecule is Nc1ccc2sc(O)c(O)c2c1. The van der Waals surface area contributed by atoms with Crippen LogP contribution < -0.4 is 5.73 Å². The minimum Gasteiger partial charge on any atom is -0.503 e. The number of benzene rings is 1. The molecule has 1 aromatic heterocycles. The highest BCUT2D eigenvalue weighted by atomic mass is 32.1. The van der Waals surface area contributed by atoms with E-state index in [1.165, 1.54) is 0 Å². The number of aromatic hydroxyl groups is 2. The predicted octanol–water partition coefficient (Wildman–Crippen LogP) is 1.89. The Balaban J connectivity index is 2.88. The molecule has 0 atom stereocenters. The average molecular weight is 181 g/mol. The molecule has 2 aromatic rings. The van der Waals surface area contributed by atoms with Crippen molar-refractivity contribution in [2.45, 2.75) is 0 Å². The fourth-order valence-electron chi connectivity index (χ4n) is 1.09. The van der Waals surface area contributed by atoms with Gasteiger partial charge in [0.25, 0.3) is 0 Å². The van der Waals surface area contributed by atoms with E-state index in [0.29, 0.717) is 11.1 Å². The second kappa shape index (κ2) is 2.28. The van der Waals surface area contributed by atoms with Crippen LogP contribution in [0, 0.1) is 0 Å². The summed E-state index contributed by atoms with van der Waals surface area (Å²) in [5.41, 5.74) is 6.09. The lowest BCUT2D eigenvalue weighted by atomic mass is 10.2. The van der Waals surface area contributed by atoms with Crippen molar-refractivity contribution in [1.82, 2.24) is 0 Å². The zero-order valence-electron chi connectivity index (χ0n) is 6.11. The van der Waals surface area contributed by atoms with Gasteiger partial charge >= 0.3 is 0 Å². The standard InChI is InChI=1S/C8H7NO2S/c9-4-1-2-6-5(3-4)7(10)8(11)12-6/h1-3,10-11H,9H2. The first-order valence-corrected chi connectivity index (χ1v) is 4.20. The van der Waals surface area contributed by atoms with Crippen LogP contribution in [0.15, 0.2) is 18.2 Å². The van der Waals surface area contributed by atoms with Gasteiger partial charge in [0, 0.05) is 15.8 Å². The smallest absolute Gasteiger partial charge is 0.215 e. The number of anilines is 1. The molecule has 2 rings (SSSR count). The summed E-state index contributed by atoms with van der Waals surface area (Å²) in [4.78, 5) is 0. The van der Waals surface area contributed by atoms with Crippen LogP contribution in [0.25, 0.3) is 10.1 Å². The Morgan fingerprint density at radius 3 is 2.75 bits per heavy atom. The van der Waals surface area contributed by atoms with Crippen molar-refractivity contribution < 1.29 is 10.2 Å². The molecule has 0 aliphatic heterocycles. The van der Waals surface area contributed by atoms with Crippen molar-refractivity contribution in [2.24, 2.45) is 0 Å². The number of hydrogen-bond acceptors (Lipinski definition) is 4. The predicted molar refractivity (Wildman–Crippen MR) is 49.6 cm³/mol. The van der Waals surface area contributed by atoms with Gasteiger partial charge in [0.1, 0.15) is 0 Å². The van der Waals surface area contributed by atoms with Crippen molar-refractivity contribution >= 4 is 27.1 Å². The van der Waals surface area contributed by atoms with Gasteiger partial charge < -0.3 is 15.9 Å². The molecule has 1 aromatic carbocycles. The van der Waals surface area contributed by atoms with E-state index in [-0.39, 0.29) is 10.8 Å². The van der Waals surface area contributed by atoms with Crippen LogP contribution in [-0.4, -0.2) is 10.2 Å². The number of thiophene rings is 1.